The van der Waals surface area contributed by atoms with Crippen LogP contribution in [0.1, 0.15) is 26.1 Å². The molecule has 0 saturated heterocycles. The maximum absolute atomic E-state index is 5.76. The van der Waals surface area contributed by atoms with Crippen LogP contribution < -0.4 is 5.73 Å². The first-order valence-corrected chi connectivity index (χ1v) is 5.89. The van der Waals surface area contributed by atoms with Crippen molar-refractivity contribution in [3.63, 3.8) is 0 Å². The zero-order chi connectivity index (χ0) is 12.3. The van der Waals surface area contributed by atoms with Crippen LogP contribution >= 0.6 is 0 Å². The molecule has 17 heavy (non-hydrogen) atoms. The molecular formula is C12H17N5. The normalized spacial score (nSPS) is 10.7. The van der Waals surface area contributed by atoms with E-state index in [0.717, 1.165) is 36.5 Å². The van der Waals surface area contributed by atoms with E-state index >= 15 is 0 Å². The van der Waals surface area contributed by atoms with E-state index in [9.17, 15) is 0 Å². The summed E-state index contributed by atoms with van der Waals surface area (Å²) in [4.78, 5) is 8.61. The largest absolute Gasteiger partial charge is 0.384 e. The summed E-state index contributed by atoms with van der Waals surface area (Å²) in [5.41, 5.74) is 7.59. The molecule has 2 heterocycles. The van der Waals surface area contributed by atoms with E-state index in [4.69, 9.17) is 5.73 Å². The van der Waals surface area contributed by atoms with Crippen molar-refractivity contribution < 1.29 is 0 Å². The second kappa shape index (κ2) is 4.95. The molecule has 5 nitrogen and oxygen atoms in total. The minimum atomic E-state index is 0.509. The summed E-state index contributed by atoms with van der Waals surface area (Å²) in [6.45, 7) is 5.06. The molecule has 90 valence electrons. The van der Waals surface area contributed by atoms with Crippen LogP contribution in [0.4, 0.5) is 5.82 Å². The molecule has 2 rings (SSSR count). The molecule has 2 aromatic heterocycles. The SMILES string of the molecule is CCCn1cc(-c2cc(N)nc(CC)n2)cn1. The highest BCUT2D eigenvalue weighted by atomic mass is 15.3. The van der Waals surface area contributed by atoms with Gasteiger partial charge in [0.25, 0.3) is 0 Å². The second-order valence-electron chi connectivity index (χ2n) is 3.94. The Balaban J connectivity index is 2.34. The van der Waals surface area contributed by atoms with Crippen molar-refractivity contribution in [1.82, 2.24) is 19.7 Å². The van der Waals surface area contributed by atoms with Gasteiger partial charge in [0.05, 0.1) is 11.9 Å². The van der Waals surface area contributed by atoms with Gasteiger partial charge in [-0.2, -0.15) is 5.10 Å². The van der Waals surface area contributed by atoms with Gasteiger partial charge in [0, 0.05) is 30.8 Å². The number of anilines is 1. The summed E-state index contributed by atoms with van der Waals surface area (Å²) in [6, 6.07) is 1.78. The number of hydrogen-bond donors (Lipinski definition) is 1. The topological polar surface area (TPSA) is 69.6 Å². The third-order valence-electron chi connectivity index (χ3n) is 2.49. The maximum atomic E-state index is 5.76. The number of aromatic nitrogens is 4. The van der Waals surface area contributed by atoms with E-state index in [-0.39, 0.29) is 0 Å². The number of hydrogen-bond acceptors (Lipinski definition) is 4. The fourth-order valence-corrected chi connectivity index (χ4v) is 1.67. The summed E-state index contributed by atoms with van der Waals surface area (Å²) < 4.78 is 1.92. The van der Waals surface area contributed by atoms with Crippen LogP contribution in [0.5, 0.6) is 0 Å². The third kappa shape index (κ3) is 2.61. The van der Waals surface area contributed by atoms with E-state index in [1.165, 1.54) is 0 Å². The Bertz CT molecular complexity index is 503. The minimum absolute atomic E-state index is 0.509. The summed E-state index contributed by atoms with van der Waals surface area (Å²) in [7, 11) is 0. The van der Waals surface area contributed by atoms with Crippen molar-refractivity contribution in [2.45, 2.75) is 33.2 Å². The van der Waals surface area contributed by atoms with Gasteiger partial charge in [0.2, 0.25) is 0 Å². The summed E-state index contributed by atoms with van der Waals surface area (Å²) in [5, 5.41) is 4.28. The molecule has 0 aromatic carbocycles. The molecule has 0 fully saturated rings. The van der Waals surface area contributed by atoms with Gasteiger partial charge in [-0.15, -0.1) is 0 Å². The molecular weight excluding hydrogens is 214 g/mol. The highest BCUT2D eigenvalue weighted by molar-refractivity contribution is 5.60. The van der Waals surface area contributed by atoms with Crippen LogP contribution in [0, 0.1) is 0 Å². The van der Waals surface area contributed by atoms with Crippen LogP contribution in [0.3, 0.4) is 0 Å². The molecule has 0 aliphatic heterocycles. The quantitative estimate of drug-likeness (QED) is 0.872. The molecule has 2 N–H and O–H groups in total. The number of nitrogens with zero attached hydrogens (tertiary/aromatic N) is 4. The molecule has 5 heteroatoms. The van der Waals surface area contributed by atoms with Crippen LogP contribution in [0.25, 0.3) is 11.3 Å². The summed E-state index contributed by atoms with van der Waals surface area (Å²) in [5.74, 6) is 1.28. The molecule has 0 radical (unpaired) electrons. The maximum Gasteiger partial charge on any atom is 0.131 e. The van der Waals surface area contributed by atoms with Gasteiger partial charge in [-0.3, -0.25) is 4.68 Å². The van der Waals surface area contributed by atoms with E-state index < -0.39 is 0 Å². The standard InChI is InChI=1S/C12H17N5/c1-3-5-17-8-9(7-14-17)10-6-11(13)16-12(4-2)15-10/h6-8H,3-5H2,1-2H3,(H2,13,15,16). The molecule has 0 amide bonds. The molecule has 0 bridgehead atoms. The van der Waals surface area contributed by atoms with Gasteiger partial charge in [0.15, 0.2) is 0 Å². The molecule has 0 unspecified atom stereocenters. The second-order valence-corrected chi connectivity index (χ2v) is 3.94. The van der Waals surface area contributed by atoms with Crippen LogP contribution in [-0.4, -0.2) is 19.7 Å². The lowest BCUT2D eigenvalue weighted by molar-refractivity contribution is 0.603. The molecule has 0 aliphatic carbocycles. The van der Waals surface area contributed by atoms with Crippen LogP contribution in [0.2, 0.25) is 0 Å². The van der Waals surface area contributed by atoms with Gasteiger partial charge < -0.3 is 5.73 Å². The first-order chi connectivity index (χ1) is 8.22. The average molecular weight is 231 g/mol. The Morgan fingerprint density at radius 3 is 2.82 bits per heavy atom. The zero-order valence-electron chi connectivity index (χ0n) is 10.2. The predicted octanol–water partition coefficient (Wildman–Crippen LogP) is 1.89. The van der Waals surface area contributed by atoms with E-state index in [1.807, 2.05) is 24.0 Å². The van der Waals surface area contributed by atoms with Gasteiger partial charge in [-0.25, -0.2) is 9.97 Å². The van der Waals surface area contributed by atoms with Crippen LogP contribution in [-0.2, 0) is 13.0 Å². The van der Waals surface area contributed by atoms with Crippen molar-refractivity contribution in [1.29, 1.82) is 0 Å². The van der Waals surface area contributed by atoms with Gasteiger partial charge in [0.1, 0.15) is 11.6 Å². The van der Waals surface area contributed by atoms with Gasteiger partial charge in [-0.05, 0) is 6.42 Å². The fraction of sp³-hybridized carbons (Fsp3) is 0.417. The highest BCUT2D eigenvalue weighted by Gasteiger charge is 2.06. The Hall–Kier alpha value is -1.91. The monoisotopic (exact) mass is 231 g/mol. The van der Waals surface area contributed by atoms with Crippen LogP contribution in [0.15, 0.2) is 18.5 Å². The third-order valence-corrected chi connectivity index (χ3v) is 2.49. The Morgan fingerprint density at radius 1 is 1.29 bits per heavy atom. The average Bonchev–Trinajstić information content (AvgIpc) is 2.77. The van der Waals surface area contributed by atoms with Crippen molar-refractivity contribution in [3.8, 4) is 11.3 Å². The molecule has 0 aliphatic rings. The highest BCUT2D eigenvalue weighted by Crippen LogP contribution is 2.18. The number of rotatable bonds is 4. The lowest BCUT2D eigenvalue weighted by atomic mass is 10.2. The van der Waals surface area contributed by atoms with E-state index in [2.05, 4.69) is 22.0 Å². The van der Waals surface area contributed by atoms with Crippen molar-refractivity contribution in [3.05, 3.63) is 24.3 Å². The predicted molar refractivity (Wildman–Crippen MR) is 67.3 cm³/mol. The number of nitrogen functional groups attached to an aromatic ring is 1. The van der Waals surface area contributed by atoms with Gasteiger partial charge in [-0.1, -0.05) is 13.8 Å². The lowest BCUT2D eigenvalue weighted by Gasteiger charge is -2.02. The Morgan fingerprint density at radius 2 is 2.12 bits per heavy atom. The van der Waals surface area contributed by atoms with Crippen molar-refractivity contribution in [2.24, 2.45) is 0 Å². The number of nitrogens with two attached hydrogens (primary N) is 1. The molecule has 0 spiro atoms. The van der Waals surface area contributed by atoms with Crippen molar-refractivity contribution >= 4 is 5.82 Å². The van der Waals surface area contributed by atoms with Gasteiger partial charge >= 0.3 is 0 Å². The first-order valence-electron chi connectivity index (χ1n) is 5.89. The molecule has 0 saturated carbocycles. The number of aryl methyl sites for hydroxylation is 2. The van der Waals surface area contributed by atoms with Crippen molar-refractivity contribution in [2.75, 3.05) is 5.73 Å². The molecule has 0 atom stereocenters. The zero-order valence-corrected chi connectivity index (χ0v) is 10.2. The molecule has 2 aromatic rings. The lowest BCUT2D eigenvalue weighted by Crippen LogP contribution is -2.00. The Labute approximate surface area is 101 Å². The van der Waals surface area contributed by atoms with E-state index in [0.29, 0.717) is 5.82 Å². The summed E-state index contributed by atoms with van der Waals surface area (Å²) in [6.07, 6.45) is 5.65. The van der Waals surface area contributed by atoms with E-state index in [1.54, 1.807) is 6.07 Å². The smallest absolute Gasteiger partial charge is 0.131 e. The Kier molecular flexibility index (Phi) is 3.37. The minimum Gasteiger partial charge on any atom is -0.384 e. The summed E-state index contributed by atoms with van der Waals surface area (Å²) >= 11 is 0. The fourth-order valence-electron chi connectivity index (χ4n) is 1.67. The first kappa shape index (κ1) is 11.6.